The van der Waals surface area contributed by atoms with Gasteiger partial charge in [-0.25, -0.2) is 9.69 Å². The fourth-order valence-electron chi connectivity index (χ4n) is 3.12. The number of imide groups is 1. The van der Waals surface area contributed by atoms with Crippen LogP contribution in [0.25, 0.3) is 0 Å². The van der Waals surface area contributed by atoms with E-state index in [1.54, 1.807) is 0 Å². The van der Waals surface area contributed by atoms with Gasteiger partial charge in [0.15, 0.2) is 0 Å². The first-order chi connectivity index (χ1) is 13.4. The highest BCUT2D eigenvalue weighted by molar-refractivity contribution is 6.52. The fraction of sp³-hybridized carbons (Fsp3) is 0.105. The van der Waals surface area contributed by atoms with Gasteiger partial charge in [-0.2, -0.15) is 0 Å². The zero-order chi connectivity index (χ0) is 20.0. The van der Waals surface area contributed by atoms with E-state index >= 15 is 0 Å². The number of hydrogen-bond acceptors (Lipinski definition) is 6. The van der Waals surface area contributed by atoms with Gasteiger partial charge in [-0.3, -0.25) is 14.4 Å². The summed E-state index contributed by atoms with van der Waals surface area (Å²) in [6, 6.07) is 11.3. The number of aromatic carboxylic acids is 1. The predicted molar refractivity (Wildman–Crippen MR) is 97.5 cm³/mol. The molecule has 140 valence electrons. The summed E-state index contributed by atoms with van der Waals surface area (Å²) in [5.74, 6) is -4.14. The first-order valence-corrected chi connectivity index (χ1v) is 8.51. The van der Waals surface area contributed by atoms with Crippen molar-refractivity contribution in [3.8, 4) is 0 Å². The number of amides is 2. The van der Waals surface area contributed by atoms with Crippen molar-refractivity contribution in [3.05, 3.63) is 64.7 Å². The first kappa shape index (κ1) is 17.9. The van der Waals surface area contributed by atoms with E-state index in [0.717, 1.165) is 4.90 Å². The summed E-state index contributed by atoms with van der Waals surface area (Å²) >= 11 is 5.82. The van der Waals surface area contributed by atoms with Crippen LogP contribution in [0.1, 0.15) is 20.7 Å². The highest BCUT2D eigenvalue weighted by Crippen LogP contribution is 2.34. The second-order valence-corrected chi connectivity index (χ2v) is 6.62. The number of carboxylic acid groups (broad SMARTS) is 1. The quantitative estimate of drug-likeness (QED) is 0.623. The average molecular weight is 399 g/mol. The lowest BCUT2D eigenvalue weighted by Gasteiger charge is -2.15. The number of hydrogen-bond donors (Lipinski definition) is 1. The lowest BCUT2D eigenvalue weighted by molar-refractivity contribution is -0.126. The summed E-state index contributed by atoms with van der Waals surface area (Å²) in [6.07, 6.45) is -1.22. The van der Waals surface area contributed by atoms with Crippen molar-refractivity contribution in [3.63, 3.8) is 0 Å². The molecule has 0 spiro atoms. The van der Waals surface area contributed by atoms with Gasteiger partial charge in [0, 0.05) is 10.6 Å². The lowest BCUT2D eigenvalue weighted by atomic mass is 9.93. The Morgan fingerprint density at radius 3 is 2.18 bits per heavy atom. The smallest absolute Gasteiger partial charge is 0.335 e. The molecule has 28 heavy (non-hydrogen) atoms. The molecular formula is C19H11ClN2O6. The maximum atomic E-state index is 12.9. The van der Waals surface area contributed by atoms with Crippen molar-refractivity contribution in [1.82, 2.24) is 0 Å². The van der Waals surface area contributed by atoms with Crippen molar-refractivity contribution >= 4 is 46.6 Å². The van der Waals surface area contributed by atoms with E-state index in [1.807, 2.05) is 0 Å². The molecule has 0 aromatic heterocycles. The van der Waals surface area contributed by atoms with Gasteiger partial charge in [-0.05, 0) is 48.5 Å². The molecule has 2 atom stereocenters. The van der Waals surface area contributed by atoms with Gasteiger partial charge < -0.3 is 9.94 Å². The number of halogens is 1. The predicted octanol–water partition coefficient (Wildman–Crippen LogP) is 2.17. The normalized spacial score (nSPS) is 20.6. The number of Topliss-reactive ketones (excluding diaryl/α,β-unsaturated/α-hetero) is 1. The maximum Gasteiger partial charge on any atom is 0.335 e. The van der Waals surface area contributed by atoms with E-state index in [0.29, 0.717) is 5.02 Å². The molecule has 1 saturated heterocycles. The molecule has 2 aliphatic rings. The van der Waals surface area contributed by atoms with Crippen molar-refractivity contribution in [2.45, 2.75) is 6.10 Å². The van der Waals surface area contributed by atoms with Gasteiger partial charge >= 0.3 is 5.97 Å². The number of oxime groups is 1. The highest BCUT2D eigenvalue weighted by atomic mass is 35.5. The van der Waals surface area contributed by atoms with E-state index in [-0.39, 0.29) is 22.5 Å². The molecule has 2 aromatic carbocycles. The molecule has 0 radical (unpaired) electrons. The van der Waals surface area contributed by atoms with Crippen LogP contribution in [0.2, 0.25) is 5.02 Å². The van der Waals surface area contributed by atoms with Gasteiger partial charge in [-0.15, -0.1) is 0 Å². The van der Waals surface area contributed by atoms with Crippen LogP contribution in [0.15, 0.2) is 53.7 Å². The van der Waals surface area contributed by atoms with Crippen LogP contribution in [0.3, 0.4) is 0 Å². The minimum atomic E-state index is -1.22. The Balaban J connectivity index is 1.63. The minimum Gasteiger partial charge on any atom is -0.478 e. The Hall–Kier alpha value is -3.52. The molecule has 2 aliphatic heterocycles. The molecule has 0 aliphatic carbocycles. The lowest BCUT2D eigenvalue weighted by Crippen LogP contribution is -2.34. The minimum absolute atomic E-state index is 0.0134. The van der Waals surface area contributed by atoms with Crippen LogP contribution >= 0.6 is 11.6 Å². The Bertz CT molecular complexity index is 1050. The molecule has 9 heteroatoms. The van der Waals surface area contributed by atoms with Gasteiger partial charge in [0.2, 0.25) is 17.8 Å². The second kappa shape index (κ2) is 6.58. The fourth-order valence-corrected chi connectivity index (χ4v) is 3.25. The standard InChI is InChI=1S/C19H11ClN2O6/c20-11-5-1-9(2-6-11)15(23)14-13-16(28-21-14)18(25)22(17(13)24)12-7-3-10(4-8-12)19(26)27/h1-8,13,16H,(H,26,27)/t13-,16-/m0/s1. The summed E-state index contributed by atoms with van der Waals surface area (Å²) in [6.45, 7) is 0. The van der Waals surface area contributed by atoms with Gasteiger partial charge in [0.1, 0.15) is 11.6 Å². The van der Waals surface area contributed by atoms with E-state index in [4.69, 9.17) is 21.5 Å². The third-order valence-corrected chi connectivity index (χ3v) is 4.78. The monoisotopic (exact) mass is 398 g/mol. The van der Waals surface area contributed by atoms with Crippen LogP contribution in [-0.2, 0) is 14.4 Å². The summed E-state index contributed by atoms with van der Waals surface area (Å²) < 4.78 is 0. The SMILES string of the molecule is O=C(O)c1ccc(N2C(=O)[C@H]3C(C(=O)c4ccc(Cl)cc4)=NO[C@@H]3C2=O)cc1. The van der Waals surface area contributed by atoms with Crippen molar-refractivity contribution in [1.29, 1.82) is 0 Å². The van der Waals surface area contributed by atoms with Crippen molar-refractivity contribution in [2.75, 3.05) is 4.90 Å². The van der Waals surface area contributed by atoms with E-state index in [2.05, 4.69) is 5.16 Å². The zero-order valence-corrected chi connectivity index (χ0v) is 14.8. The van der Waals surface area contributed by atoms with Gasteiger partial charge in [0.25, 0.3) is 5.91 Å². The summed E-state index contributed by atoms with van der Waals surface area (Å²) in [7, 11) is 0. The average Bonchev–Trinajstić information content (AvgIpc) is 3.22. The number of fused-ring (bicyclic) bond motifs is 1. The van der Waals surface area contributed by atoms with Crippen molar-refractivity contribution < 1.29 is 29.1 Å². The Morgan fingerprint density at radius 1 is 0.964 bits per heavy atom. The first-order valence-electron chi connectivity index (χ1n) is 8.13. The Morgan fingerprint density at radius 2 is 1.57 bits per heavy atom. The summed E-state index contributed by atoms with van der Waals surface area (Å²) in [5.41, 5.74) is 0.308. The highest BCUT2D eigenvalue weighted by Gasteiger charge is 2.57. The van der Waals surface area contributed by atoms with E-state index in [1.165, 1.54) is 48.5 Å². The van der Waals surface area contributed by atoms with E-state index < -0.39 is 35.6 Å². The summed E-state index contributed by atoms with van der Waals surface area (Å²) in [5, 5.41) is 13.1. The van der Waals surface area contributed by atoms with E-state index in [9.17, 15) is 19.2 Å². The van der Waals surface area contributed by atoms with Crippen LogP contribution in [-0.4, -0.2) is 40.5 Å². The largest absolute Gasteiger partial charge is 0.478 e. The van der Waals surface area contributed by atoms with Gasteiger partial charge in [-0.1, -0.05) is 16.8 Å². The molecule has 0 bridgehead atoms. The molecular weight excluding hydrogens is 388 g/mol. The molecule has 0 saturated carbocycles. The maximum absolute atomic E-state index is 12.9. The molecule has 2 heterocycles. The number of carbonyl (C=O) groups is 4. The number of carboxylic acids is 1. The van der Waals surface area contributed by atoms with Crippen molar-refractivity contribution in [2.24, 2.45) is 11.1 Å². The Labute approximate surface area is 162 Å². The number of nitrogens with zero attached hydrogens (tertiary/aromatic N) is 2. The van der Waals surface area contributed by atoms with Crippen LogP contribution in [0.5, 0.6) is 0 Å². The van der Waals surface area contributed by atoms with Crippen LogP contribution < -0.4 is 4.90 Å². The van der Waals surface area contributed by atoms with Crippen LogP contribution in [0, 0.1) is 5.92 Å². The number of anilines is 1. The molecule has 8 nitrogen and oxygen atoms in total. The molecule has 1 N–H and O–H groups in total. The topological polar surface area (TPSA) is 113 Å². The third kappa shape index (κ3) is 2.74. The van der Waals surface area contributed by atoms with Gasteiger partial charge in [0.05, 0.1) is 11.3 Å². The molecule has 4 rings (SSSR count). The molecule has 2 amide bonds. The van der Waals surface area contributed by atoms with Crippen LogP contribution in [0.4, 0.5) is 5.69 Å². The molecule has 1 fully saturated rings. The summed E-state index contributed by atoms with van der Waals surface area (Å²) in [4.78, 5) is 55.1. The molecule has 0 unspecified atom stereocenters. The Kier molecular flexibility index (Phi) is 4.20. The molecule has 2 aromatic rings. The second-order valence-electron chi connectivity index (χ2n) is 6.18. The number of carbonyl (C=O) groups excluding carboxylic acids is 3. The third-order valence-electron chi connectivity index (χ3n) is 4.52. The zero-order valence-electron chi connectivity index (χ0n) is 14.0. The number of rotatable bonds is 4. The number of ketones is 1. The number of benzene rings is 2.